The Morgan fingerprint density at radius 3 is 2.83 bits per heavy atom. The summed E-state index contributed by atoms with van der Waals surface area (Å²) in [6, 6.07) is 1.57. The van der Waals surface area contributed by atoms with Crippen molar-refractivity contribution in [3.05, 3.63) is 28.3 Å². The van der Waals surface area contributed by atoms with Gasteiger partial charge >= 0.3 is 5.97 Å². The number of ether oxygens (including phenoxy) is 1. The third-order valence-corrected chi connectivity index (χ3v) is 3.89. The van der Waals surface area contributed by atoms with Crippen molar-refractivity contribution in [1.82, 2.24) is 9.97 Å². The lowest BCUT2D eigenvalue weighted by Gasteiger charge is -2.19. The van der Waals surface area contributed by atoms with Crippen molar-refractivity contribution >= 4 is 17.3 Å². The molecule has 0 fully saturated rings. The zero-order valence-corrected chi connectivity index (χ0v) is 11.2. The number of carboxylic acid groups (broad SMARTS) is 1. The number of carbonyl (C=O) groups is 1. The van der Waals surface area contributed by atoms with Gasteiger partial charge < -0.3 is 14.8 Å². The maximum atomic E-state index is 10.8. The van der Waals surface area contributed by atoms with Crippen LogP contribution in [0.5, 0.6) is 0 Å². The number of methoxy groups -OCH3 is 1. The molecule has 0 amide bonds. The van der Waals surface area contributed by atoms with Gasteiger partial charge in [-0.25, -0.2) is 9.78 Å². The van der Waals surface area contributed by atoms with E-state index in [1.54, 1.807) is 19.4 Å². The summed E-state index contributed by atoms with van der Waals surface area (Å²) < 4.78 is 5.36. The Bertz CT molecular complexity index is 571. The largest absolute Gasteiger partial charge is 0.477 e. The average Bonchev–Trinajstić information content (AvgIpc) is 2.97. The van der Waals surface area contributed by atoms with Gasteiger partial charge in [0.15, 0.2) is 0 Å². The van der Waals surface area contributed by atoms with E-state index in [-0.39, 0.29) is 5.69 Å². The third-order valence-electron chi connectivity index (χ3n) is 2.74. The lowest BCUT2D eigenvalue weighted by atomic mass is 10.1. The molecule has 0 aliphatic heterocycles. The molecule has 0 saturated heterocycles. The minimum Gasteiger partial charge on any atom is -0.477 e. The van der Waals surface area contributed by atoms with Crippen LogP contribution in [0.3, 0.4) is 0 Å². The molecule has 96 valence electrons. The first-order chi connectivity index (χ1) is 8.44. The number of aromatic carboxylic acids is 1. The number of carboxylic acids is 1. The molecule has 2 aromatic rings. The van der Waals surface area contributed by atoms with E-state index >= 15 is 0 Å². The van der Waals surface area contributed by atoms with Crippen molar-refractivity contribution < 1.29 is 14.6 Å². The first-order valence-corrected chi connectivity index (χ1v) is 6.25. The predicted molar refractivity (Wildman–Crippen MR) is 68.9 cm³/mol. The third kappa shape index (κ3) is 2.30. The quantitative estimate of drug-likeness (QED) is 0.892. The molecule has 18 heavy (non-hydrogen) atoms. The Morgan fingerprint density at radius 1 is 1.56 bits per heavy atom. The van der Waals surface area contributed by atoms with Crippen LogP contribution in [0.15, 0.2) is 17.6 Å². The molecule has 0 aliphatic carbocycles. The van der Waals surface area contributed by atoms with Crippen LogP contribution in [0.2, 0.25) is 0 Å². The van der Waals surface area contributed by atoms with Gasteiger partial charge in [0.1, 0.15) is 16.3 Å². The number of nitrogens with zero attached hydrogens (tertiary/aromatic N) is 1. The van der Waals surface area contributed by atoms with Gasteiger partial charge in [-0.2, -0.15) is 0 Å². The molecule has 0 spiro atoms. The fourth-order valence-electron chi connectivity index (χ4n) is 1.44. The van der Waals surface area contributed by atoms with Gasteiger partial charge in [0, 0.05) is 24.3 Å². The van der Waals surface area contributed by atoms with Gasteiger partial charge in [-0.05, 0) is 19.9 Å². The molecule has 2 heterocycles. The predicted octanol–water partition coefficient (Wildman–Crippen LogP) is 2.72. The van der Waals surface area contributed by atoms with E-state index in [9.17, 15) is 4.79 Å². The second-order valence-corrected chi connectivity index (χ2v) is 5.22. The maximum Gasteiger partial charge on any atom is 0.352 e. The summed E-state index contributed by atoms with van der Waals surface area (Å²) in [6.45, 7) is 3.88. The normalized spacial score (nSPS) is 11.7. The lowest BCUT2D eigenvalue weighted by molar-refractivity contribution is 0.0191. The number of hydrogen-bond acceptors (Lipinski definition) is 4. The highest BCUT2D eigenvalue weighted by atomic mass is 32.1. The van der Waals surface area contributed by atoms with Crippen LogP contribution in [0.25, 0.3) is 11.3 Å². The highest BCUT2D eigenvalue weighted by Gasteiger charge is 2.24. The highest BCUT2D eigenvalue weighted by molar-refractivity contribution is 7.10. The van der Waals surface area contributed by atoms with Gasteiger partial charge in [0.2, 0.25) is 0 Å². The molecule has 0 bridgehead atoms. The van der Waals surface area contributed by atoms with Gasteiger partial charge in [-0.3, -0.25) is 0 Å². The zero-order valence-electron chi connectivity index (χ0n) is 10.4. The fourth-order valence-corrected chi connectivity index (χ4v) is 2.37. The van der Waals surface area contributed by atoms with Crippen LogP contribution in [0, 0.1) is 0 Å². The van der Waals surface area contributed by atoms with Crippen LogP contribution in [0.1, 0.15) is 29.3 Å². The Labute approximate surface area is 108 Å². The molecule has 0 saturated carbocycles. The Balaban J connectivity index is 2.32. The zero-order chi connectivity index (χ0) is 13.3. The standard InChI is InChI=1S/C12H14N2O3S/c1-12(2,17-3)11-14-9(6-18-11)7-4-8(10(15)16)13-5-7/h4-6,13H,1-3H3,(H,15,16). The molecule has 5 nitrogen and oxygen atoms in total. The SMILES string of the molecule is COC(C)(C)c1nc(-c2c[nH]c(C(=O)O)c2)cs1. The molecule has 0 unspecified atom stereocenters. The van der Waals surface area contributed by atoms with E-state index in [0.717, 1.165) is 16.3 Å². The van der Waals surface area contributed by atoms with Crippen LogP contribution in [-0.2, 0) is 10.3 Å². The summed E-state index contributed by atoms with van der Waals surface area (Å²) in [5.74, 6) is -0.978. The molecule has 0 radical (unpaired) electrons. The minimum atomic E-state index is -0.978. The van der Waals surface area contributed by atoms with Crippen molar-refractivity contribution in [1.29, 1.82) is 0 Å². The van der Waals surface area contributed by atoms with Crippen molar-refractivity contribution in [2.75, 3.05) is 7.11 Å². The molecular weight excluding hydrogens is 252 g/mol. The van der Waals surface area contributed by atoms with E-state index in [1.165, 1.54) is 11.3 Å². The molecule has 2 aromatic heterocycles. The van der Waals surface area contributed by atoms with Crippen molar-refractivity contribution in [3.8, 4) is 11.3 Å². The summed E-state index contributed by atoms with van der Waals surface area (Å²) >= 11 is 1.50. The van der Waals surface area contributed by atoms with E-state index in [2.05, 4.69) is 9.97 Å². The second kappa shape index (κ2) is 4.55. The smallest absolute Gasteiger partial charge is 0.352 e. The van der Waals surface area contributed by atoms with E-state index in [4.69, 9.17) is 9.84 Å². The number of nitrogens with one attached hydrogen (secondary N) is 1. The lowest BCUT2D eigenvalue weighted by Crippen LogP contribution is -2.18. The van der Waals surface area contributed by atoms with Gasteiger partial charge in [-0.1, -0.05) is 0 Å². The summed E-state index contributed by atoms with van der Waals surface area (Å²) in [7, 11) is 1.64. The van der Waals surface area contributed by atoms with E-state index in [0.29, 0.717) is 0 Å². The van der Waals surface area contributed by atoms with E-state index in [1.807, 2.05) is 19.2 Å². The summed E-state index contributed by atoms with van der Waals surface area (Å²) in [5.41, 5.74) is 1.24. The van der Waals surface area contributed by atoms with E-state index < -0.39 is 11.6 Å². The number of rotatable bonds is 4. The van der Waals surface area contributed by atoms with Crippen molar-refractivity contribution in [2.45, 2.75) is 19.4 Å². The number of H-pyrrole nitrogens is 1. The number of thiazole rings is 1. The second-order valence-electron chi connectivity index (χ2n) is 4.36. The van der Waals surface area contributed by atoms with Gasteiger partial charge in [0.25, 0.3) is 0 Å². The summed E-state index contributed by atoms with van der Waals surface area (Å²) in [6.07, 6.45) is 1.64. The molecule has 6 heteroatoms. The minimum absolute atomic E-state index is 0.158. The Kier molecular flexibility index (Phi) is 3.23. The molecular formula is C12H14N2O3S. The highest BCUT2D eigenvalue weighted by Crippen LogP contribution is 2.30. The van der Waals surface area contributed by atoms with Crippen LogP contribution in [0.4, 0.5) is 0 Å². The summed E-state index contributed by atoms with van der Waals surface area (Å²) in [5, 5.41) is 11.6. The first-order valence-electron chi connectivity index (χ1n) is 5.37. The van der Waals surface area contributed by atoms with Crippen LogP contribution in [-0.4, -0.2) is 28.2 Å². The number of hydrogen-bond donors (Lipinski definition) is 2. The Hall–Kier alpha value is -1.66. The number of aromatic amines is 1. The van der Waals surface area contributed by atoms with Crippen LogP contribution >= 0.6 is 11.3 Å². The topological polar surface area (TPSA) is 75.2 Å². The first kappa shape index (κ1) is 12.8. The molecule has 2 rings (SSSR count). The monoisotopic (exact) mass is 266 g/mol. The molecule has 0 atom stereocenters. The van der Waals surface area contributed by atoms with Crippen molar-refractivity contribution in [2.24, 2.45) is 0 Å². The Morgan fingerprint density at radius 2 is 2.28 bits per heavy atom. The van der Waals surface area contributed by atoms with Crippen LogP contribution < -0.4 is 0 Å². The fraction of sp³-hybridized carbons (Fsp3) is 0.333. The van der Waals surface area contributed by atoms with Gasteiger partial charge in [0.05, 0.1) is 5.69 Å². The average molecular weight is 266 g/mol. The number of aromatic nitrogens is 2. The molecule has 2 N–H and O–H groups in total. The molecule has 0 aliphatic rings. The van der Waals surface area contributed by atoms with Gasteiger partial charge in [-0.15, -0.1) is 11.3 Å². The summed E-state index contributed by atoms with van der Waals surface area (Å²) in [4.78, 5) is 18.0. The van der Waals surface area contributed by atoms with Crippen molar-refractivity contribution in [3.63, 3.8) is 0 Å². The molecule has 0 aromatic carbocycles. The maximum absolute atomic E-state index is 10.8.